The first-order valence-corrected chi connectivity index (χ1v) is 19.6. The van der Waals surface area contributed by atoms with Crippen LogP contribution in [0.4, 0.5) is 0 Å². The molecular formula is C28H28S2Si2. The number of benzene rings is 2. The van der Waals surface area contributed by atoms with Gasteiger partial charge < -0.3 is 0 Å². The van der Waals surface area contributed by atoms with Gasteiger partial charge in [-0.2, -0.15) is 0 Å². The van der Waals surface area contributed by atoms with Crippen molar-refractivity contribution in [2.24, 2.45) is 0 Å². The first kappa shape index (κ1) is 22.8. The van der Waals surface area contributed by atoms with Crippen molar-refractivity contribution in [3.8, 4) is 43.8 Å². The van der Waals surface area contributed by atoms with Crippen molar-refractivity contribution >= 4 is 49.6 Å². The smallest absolute Gasteiger partial charge is 0.129 e. The van der Waals surface area contributed by atoms with Crippen LogP contribution < -0.4 is 0 Å². The van der Waals surface area contributed by atoms with Gasteiger partial charge in [0.05, 0.1) is 0 Å². The van der Waals surface area contributed by atoms with Gasteiger partial charge in [-0.1, -0.05) is 87.5 Å². The van der Waals surface area contributed by atoms with Crippen molar-refractivity contribution in [1.82, 2.24) is 0 Å². The molecule has 0 amide bonds. The largest absolute Gasteiger partial charge is 0.144 e. The summed E-state index contributed by atoms with van der Waals surface area (Å²) < 4.78 is 0. The summed E-state index contributed by atoms with van der Waals surface area (Å²) in [5, 5.41) is 6.70. The first-order valence-electron chi connectivity index (χ1n) is 10.9. The van der Waals surface area contributed by atoms with Crippen LogP contribution in [0.25, 0.3) is 31.7 Å². The van der Waals surface area contributed by atoms with Crippen LogP contribution in [0, 0.1) is 22.9 Å². The molecule has 4 rings (SSSR count). The maximum absolute atomic E-state index is 3.62. The molecule has 0 unspecified atom stereocenters. The number of thiophene rings is 2. The molecule has 0 spiro atoms. The predicted octanol–water partition coefficient (Wildman–Crippen LogP) is 8.75. The maximum Gasteiger partial charge on any atom is 0.129 e. The van der Waals surface area contributed by atoms with Crippen LogP contribution in [0.1, 0.15) is 11.1 Å². The van der Waals surface area contributed by atoms with Crippen molar-refractivity contribution in [2.45, 2.75) is 39.3 Å². The van der Waals surface area contributed by atoms with Gasteiger partial charge in [-0.15, -0.1) is 33.8 Å². The SMILES string of the molecule is C[Si](C)(C)C#Cc1c(-c2cccs2)ccc2c(C#C[Si](C)(C)C)c(-c3cccs3)ccc12. The van der Waals surface area contributed by atoms with Crippen LogP contribution in [0.15, 0.2) is 59.3 Å². The summed E-state index contributed by atoms with van der Waals surface area (Å²) in [5.74, 6) is 7.24. The van der Waals surface area contributed by atoms with Crippen molar-refractivity contribution in [3.63, 3.8) is 0 Å². The Morgan fingerprint density at radius 3 is 1.28 bits per heavy atom. The highest BCUT2D eigenvalue weighted by Crippen LogP contribution is 2.38. The van der Waals surface area contributed by atoms with Crippen molar-refractivity contribution < 1.29 is 0 Å². The van der Waals surface area contributed by atoms with Crippen molar-refractivity contribution in [2.75, 3.05) is 0 Å². The molecule has 0 radical (unpaired) electrons. The molecule has 0 N–H and O–H groups in total. The molecule has 160 valence electrons. The Balaban J connectivity index is 2.07. The second-order valence-electron chi connectivity index (χ2n) is 10.0. The monoisotopic (exact) mass is 484 g/mol. The Labute approximate surface area is 202 Å². The van der Waals surface area contributed by atoms with E-state index in [4.69, 9.17) is 0 Å². The Bertz CT molecular complexity index is 1260. The van der Waals surface area contributed by atoms with Gasteiger partial charge in [-0.3, -0.25) is 0 Å². The molecule has 0 aliphatic rings. The summed E-state index contributed by atoms with van der Waals surface area (Å²) in [6, 6.07) is 17.6. The lowest BCUT2D eigenvalue weighted by Crippen LogP contribution is -2.16. The number of hydrogen-bond donors (Lipinski definition) is 0. The average Bonchev–Trinajstić information content (AvgIpc) is 3.42. The summed E-state index contributed by atoms with van der Waals surface area (Å²) >= 11 is 3.55. The number of fused-ring (bicyclic) bond motifs is 1. The third kappa shape index (κ3) is 5.17. The zero-order chi connectivity index (χ0) is 22.9. The van der Waals surface area contributed by atoms with E-state index in [0.29, 0.717) is 0 Å². The Morgan fingerprint density at radius 2 is 0.969 bits per heavy atom. The minimum Gasteiger partial charge on any atom is -0.144 e. The summed E-state index contributed by atoms with van der Waals surface area (Å²) in [5.41, 5.74) is 12.0. The van der Waals surface area contributed by atoms with Gasteiger partial charge in [0, 0.05) is 32.0 Å². The highest BCUT2D eigenvalue weighted by atomic mass is 32.1. The quantitative estimate of drug-likeness (QED) is 0.197. The van der Waals surface area contributed by atoms with E-state index in [9.17, 15) is 0 Å². The molecule has 0 aliphatic heterocycles. The molecule has 0 nitrogen and oxygen atoms in total. The van der Waals surface area contributed by atoms with Crippen molar-refractivity contribution in [3.05, 3.63) is 70.4 Å². The molecule has 2 heterocycles. The Kier molecular flexibility index (Phi) is 6.34. The summed E-state index contributed by atoms with van der Waals surface area (Å²) in [7, 11) is -3.04. The van der Waals surface area contributed by atoms with Gasteiger partial charge in [-0.05, 0) is 33.7 Å². The second kappa shape index (κ2) is 8.89. The van der Waals surface area contributed by atoms with E-state index >= 15 is 0 Å². The molecule has 2 aromatic carbocycles. The second-order valence-corrected chi connectivity index (χ2v) is 21.4. The van der Waals surface area contributed by atoms with Crippen LogP contribution in [-0.4, -0.2) is 16.1 Å². The Morgan fingerprint density at radius 1 is 0.562 bits per heavy atom. The molecule has 0 fully saturated rings. The zero-order valence-electron chi connectivity index (χ0n) is 19.6. The molecule has 0 aliphatic carbocycles. The molecule has 0 bridgehead atoms. The number of hydrogen-bond acceptors (Lipinski definition) is 2. The third-order valence-corrected chi connectivity index (χ3v) is 8.46. The number of rotatable bonds is 2. The molecule has 32 heavy (non-hydrogen) atoms. The molecule has 4 heteroatoms. The minimum absolute atomic E-state index is 1.14. The summed E-state index contributed by atoms with van der Waals surface area (Å²) in [6.07, 6.45) is 0. The van der Waals surface area contributed by atoms with E-state index < -0.39 is 16.1 Å². The molecule has 2 aromatic heterocycles. The van der Waals surface area contributed by atoms with Gasteiger partial charge in [-0.25, -0.2) is 0 Å². The highest BCUT2D eigenvalue weighted by Gasteiger charge is 2.16. The first-order chi connectivity index (χ1) is 15.1. The fourth-order valence-electron chi connectivity index (χ4n) is 3.45. The maximum atomic E-state index is 3.62. The van der Waals surface area contributed by atoms with Crippen LogP contribution in [0.2, 0.25) is 39.3 Å². The zero-order valence-corrected chi connectivity index (χ0v) is 23.2. The van der Waals surface area contributed by atoms with Crippen LogP contribution in [-0.2, 0) is 0 Å². The van der Waals surface area contributed by atoms with E-state index in [1.165, 1.54) is 31.7 Å². The van der Waals surface area contributed by atoms with Gasteiger partial charge >= 0.3 is 0 Å². The topological polar surface area (TPSA) is 0 Å². The van der Waals surface area contributed by atoms with E-state index in [2.05, 4.69) is 122 Å². The van der Waals surface area contributed by atoms with Gasteiger partial charge in [0.2, 0.25) is 0 Å². The molecule has 0 atom stereocenters. The van der Waals surface area contributed by atoms with Crippen LogP contribution in [0.5, 0.6) is 0 Å². The van der Waals surface area contributed by atoms with Gasteiger partial charge in [0.1, 0.15) is 16.1 Å². The van der Waals surface area contributed by atoms with Gasteiger partial charge in [0.25, 0.3) is 0 Å². The fourth-order valence-corrected chi connectivity index (χ4v) is 5.97. The fraction of sp³-hybridized carbons (Fsp3) is 0.214. The lowest BCUT2D eigenvalue weighted by Gasteiger charge is -2.13. The molecule has 4 aromatic rings. The summed E-state index contributed by atoms with van der Waals surface area (Å²) in [4.78, 5) is 2.53. The Hall–Kier alpha value is -2.35. The molecule has 0 saturated heterocycles. The average molecular weight is 485 g/mol. The van der Waals surface area contributed by atoms with E-state index in [1.54, 1.807) is 22.7 Å². The minimum atomic E-state index is -1.52. The normalized spacial score (nSPS) is 11.6. The third-order valence-electron chi connectivity index (χ3n) is 4.90. The van der Waals surface area contributed by atoms with E-state index in [0.717, 1.165) is 11.1 Å². The van der Waals surface area contributed by atoms with Gasteiger partial charge in [0.15, 0.2) is 0 Å². The lowest BCUT2D eigenvalue weighted by molar-refractivity contribution is 1.65. The standard InChI is InChI=1S/C28H28S2Si2/c1-31(2,3)19-15-23-21-11-14-26(28-10-8-18-30-28)24(16-20-32(4,5)6)22(21)12-13-25(23)27-9-7-17-29-27/h7-14,17-18H,1-6H3. The van der Waals surface area contributed by atoms with Crippen LogP contribution >= 0.6 is 22.7 Å². The van der Waals surface area contributed by atoms with E-state index in [-0.39, 0.29) is 0 Å². The molecular weight excluding hydrogens is 457 g/mol. The lowest BCUT2D eigenvalue weighted by atomic mass is 9.92. The van der Waals surface area contributed by atoms with Crippen molar-refractivity contribution in [1.29, 1.82) is 0 Å². The summed E-state index contributed by atoms with van der Waals surface area (Å²) in [6.45, 7) is 13.8. The predicted molar refractivity (Wildman–Crippen MR) is 151 cm³/mol. The van der Waals surface area contributed by atoms with Crippen LogP contribution in [0.3, 0.4) is 0 Å². The van der Waals surface area contributed by atoms with E-state index in [1.807, 2.05) is 0 Å². The highest BCUT2D eigenvalue weighted by molar-refractivity contribution is 7.13. The molecule has 0 saturated carbocycles.